The Labute approximate surface area is 166 Å². The van der Waals surface area contributed by atoms with Gasteiger partial charge in [0.15, 0.2) is 0 Å². The van der Waals surface area contributed by atoms with E-state index in [2.05, 4.69) is 4.90 Å². The number of ether oxygens (including phenoxy) is 1. The highest BCUT2D eigenvalue weighted by molar-refractivity contribution is 5.68. The van der Waals surface area contributed by atoms with Gasteiger partial charge in [-0.25, -0.2) is 4.79 Å². The fraction of sp³-hybridized carbons (Fsp3) is 0.667. The van der Waals surface area contributed by atoms with Crippen molar-refractivity contribution in [1.82, 2.24) is 9.80 Å². The molecule has 2 fully saturated rings. The molecule has 0 N–H and O–H groups in total. The third kappa shape index (κ3) is 4.46. The lowest BCUT2D eigenvalue weighted by molar-refractivity contribution is -0.385. The molecule has 0 unspecified atom stereocenters. The molecule has 1 aromatic carbocycles. The van der Waals surface area contributed by atoms with Crippen LogP contribution in [0.3, 0.4) is 0 Å². The fourth-order valence-electron chi connectivity index (χ4n) is 4.42. The first-order chi connectivity index (χ1) is 13.1. The lowest BCUT2D eigenvalue weighted by Gasteiger charge is -2.45. The molecular formula is C21H31N3O4. The van der Waals surface area contributed by atoms with Crippen LogP contribution >= 0.6 is 0 Å². The van der Waals surface area contributed by atoms with E-state index in [0.29, 0.717) is 19.6 Å². The van der Waals surface area contributed by atoms with Gasteiger partial charge in [0.25, 0.3) is 5.69 Å². The molecule has 1 aromatic rings. The van der Waals surface area contributed by atoms with Crippen molar-refractivity contribution in [3.63, 3.8) is 0 Å². The summed E-state index contributed by atoms with van der Waals surface area (Å²) in [5.74, 6) is 0. The van der Waals surface area contributed by atoms with Gasteiger partial charge in [-0.2, -0.15) is 0 Å². The zero-order valence-electron chi connectivity index (χ0n) is 17.4. The Morgan fingerprint density at radius 3 is 2.50 bits per heavy atom. The number of benzene rings is 1. The second-order valence-electron chi connectivity index (χ2n) is 9.11. The first-order valence-electron chi connectivity index (χ1n) is 10.1. The minimum absolute atomic E-state index is 0.0251. The van der Waals surface area contributed by atoms with Crippen molar-refractivity contribution in [1.29, 1.82) is 0 Å². The van der Waals surface area contributed by atoms with Crippen LogP contribution < -0.4 is 0 Å². The number of nitro benzene ring substituents is 1. The molecule has 0 saturated carbocycles. The molecule has 2 aliphatic rings. The third-order valence-corrected chi connectivity index (χ3v) is 5.89. The van der Waals surface area contributed by atoms with Crippen molar-refractivity contribution in [2.75, 3.05) is 19.6 Å². The number of carbonyl (C=O) groups is 1. The molecule has 0 radical (unpaired) electrons. The standard InChI is InChI=1S/C21H31N3O4/c1-16-6-7-17(18(14-16)24(26)27)15-23-11-5-8-21(23)9-12-22(13-10-21)19(25)28-20(2,3)4/h6-7,14H,5,8-13,15H2,1-4H3. The van der Waals surface area contributed by atoms with Gasteiger partial charge in [-0.3, -0.25) is 15.0 Å². The molecular weight excluding hydrogens is 358 g/mol. The number of nitrogens with zero attached hydrogens (tertiary/aromatic N) is 3. The topological polar surface area (TPSA) is 75.9 Å². The molecule has 0 aliphatic carbocycles. The highest BCUT2D eigenvalue weighted by Crippen LogP contribution is 2.40. The number of carbonyl (C=O) groups excluding carboxylic acids is 1. The maximum Gasteiger partial charge on any atom is 0.410 e. The smallest absolute Gasteiger partial charge is 0.410 e. The summed E-state index contributed by atoms with van der Waals surface area (Å²) in [7, 11) is 0. The van der Waals surface area contributed by atoms with E-state index in [4.69, 9.17) is 4.74 Å². The van der Waals surface area contributed by atoms with Crippen molar-refractivity contribution >= 4 is 11.8 Å². The van der Waals surface area contributed by atoms with Crippen molar-refractivity contribution in [3.8, 4) is 0 Å². The number of rotatable bonds is 3. The van der Waals surface area contributed by atoms with Crippen molar-refractivity contribution in [2.45, 2.75) is 71.1 Å². The number of likely N-dealkylation sites (tertiary alicyclic amines) is 2. The molecule has 7 nitrogen and oxygen atoms in total. The van der Waals surface area contributed by atoms with Crippen molar-refractivity contribution < 1.29 is 14.5 Å². The van der Waals surface area contributed by atoms with Crippen molar-refractivity contribution in [3.05, 3.63) is 39.4 Å². The molecule has 154 valence electrons. The van der Waals surface area contributed by atoms with Gasteiger partial charge in [0.1, 0.15) is 5.60 Å². The number of hydrogen-bond donors (Lipinski definition) is 0. The molecule has 2 aliphatic heterocycles. The van der Waals surface area contributed by atoms with Crippen LogP contribution in [0.5, 0.6) is 0 Å². The Bertz CT molecular complexity index is 749. The van der Waals surface area contributed by atoms with Crippen LogP contribution in [0.2, 0.25) is 0 Å². The predicted octanol–water partition coefficient (Wildman–Crippen LogP) is 4.27. The maximum absolute atomic E-state index is 12.4. The highest BCUT2D eigenvalue weighted by Gasteiger charge is 2.44. The molecule has 1 spiro atoms. The van der Waals surface area contributed by atoms with Gasteiger partial charge in [-0.05, 0) is 65.5 Å². The minimum Gasteiger partial charge on any atom is -0.444 e. The van der Waals surface area contributed by atoms with Gasteiger partial charge >= 0.3 is 6.09 Å². The van der Waals surface area contributed by atoms with E-state index in [1.807, 2.05) is 39.8 Å². The Morgan fingerprint density at radius 1 is 1.21 bits per heavy atom. The van der Waals surface area contributed by atoms with Crippen LogP contribution in [0.25, 0.3) is 0 Å². The normalized spacial score (nSPS) is 19.8. The summed E-state index contributed by atoms with van der Waals surface area (Å²) in [4.78, 5) is 27.7. The van der Waals surface area contributed by atoms with E-state index >= 15 is 0 Å². The fourth-order valence-corrected chi connectivity index (χ4v) is 4.42. The van der Waals surface area contributed by atoms with Gasteiger partial charge in [0.2, 0.25) is 0 Å². The minimum atomic E-state index is -0.490. The Morgan fingerprint density at radius 2 is 1.89 bits per heavy atom. The van der Waals surface area contributed by atoms with Crippen LogP contribution in [0, 0.1) is 17.0 Å². The van der Waals surface area contributed by atoms with Gasteiger partial charge in [-0.15, -0.1) is 0 Å². The predicted molar refractivity (Wildman–Crippen MR) is 107 cm³/mol. The quantitative estimate of drug-likeness (QED) is 0.570. The molecule has 2 heterocycles. The van der Waals surface area contributed by atoms with Gasteiger partial charge in [0.05, 0.1) is 4.92 Å². The van der Waals surface area contributed by atoms with Crippen molar-refractivity contribution in [2.24, 2.45) is 0 Å². The largest absolute Gasteiger partial charge is 0.444 e. The number of aryl methyl sites for hydroxylation is 1. The zero-order chi connectivity index (χ0) is 20.5. The number of nitro groups is 1. The Hall–Kier alpha value is -2.15. The average Bonchev–Trinajstić information content (AvgIpc) is 2.97. The van der Waals surface area contributed by atoms with E-state index in [0.717, 1.165) is 43.4 Å². The molecule has 28 heavy (non-hydrogen) atoms. The summed E-state index contributed by atoms with van der Waals surface area (Å²) in [6, 6.07) is 5.48. The second-order valence-corrected chi connectivity index (χ2v) is 9.11. The Balaban J connectivity index is 1.69. The van der Waals surface area contributed by atoms with E-state index in [9.17, 15) is 14.9 Å². The lowest BCUT2D eigenvalue weighted by Crippen LogP contribution is -2.53. The first kappa shape index (κ1) is 20.6. The summed E-state index contributed by atoms with van der Waals surface area (Å²) in [6.45, 7) is 10.4. The van der Waals surface area contributed by atoms with Crippen LogP contribution in [0.15, 0.2) is 18.2 Å². The highest BCUT2D eigenvalue weighted by atomic mass is 16.6. The Kier molecular flexibility index (Phi) is 5.66. The zero-order valence-corrected chi connectivity index (χ0v) is 17.4. The third-order valence-electron chi connectivity index (χ3n) is 5.89. The first-order valence-corrected chi connectivity index (χ1v) is 10.1. The monoisotopic (exact) mass is 389 g/mol. The lowest BCUT2D eigenvalue weighted by atomic mass is 9.84. The van der Waals surface area contributed by atoms with E-state index in [-0.39, 0.29) is 22.2 Å². The van der Waals surface area contributed by atoms with E-state index in [1.165, 1.54) is 0 Å². The van der Waals surface area contributed by atoms with E-state index in [1.54, 1.807) is 11.0 Å². The van der Waals surface area contributed by atoms with Gasteiger partial charge in [-0.1, -0.05) is 12.1 Å². The number of piperidine rings is 1. The molecule has 0 bridgehead atoms. The number of amides is 1. The van der Waals surface area contributed by atoms with Crippen LogP contribution in [-0.4, -0.2) is 51.6 Å². The van der Waals surface area contributed by atoms with Crippen LogP contribution in [0.4, 0.5) is 10.5 Å². The van der Waals surface area contributed by atoms with Gasteiger partial charge in [0, 0.05) is 36.8 Å². The molecule has 0 aromatic heterocycles. The molecule has 7 heteroatoms. The summed E-state index contributed by atoms with van der Waals surface area (Å²) in [5, 5.41) is 11.5. The molecule has 1 amide bonds. The molecule has 2 saturated heterocycles. The maximum atomic E-state index is 12.4. The second kappa shape index (κ2) is 7.70. The van der Waals surface area contributed by atoms with E-state index < -0.39 is 5.60 Å². The summed E-state index contributed by atoms with van der Waals surface area (Å²) in [5.41, 5.74) is 1.41. The average molecular weight is 389 g/mol. The summed E-state index contributed by atoms with van der Waals surface area (Å²) < 4.78 is 5.50. The molecule has 0 atom stereocenters. The van der Waals surface area contributed by atoms with Gasteiger partial charge < -0.3 is 9.64 Å². The number of hydrogen-bond acceptors (Lipinski definition) is 5. The molecule has 3 rings (SSSR count). The SMILES string of the molecule is Cc1ccc(CN2CCCC23CCN(C(=O)OC(C)(C)C)CC3)c([N+](=O)[O-])c1. The van der Waals surface area contributed by atoms with Crippen LogP contribution in [0.1, 0.15) is 57.6 Å². The summed E-state index contributed by atoms with van der Waals surface area (Å²) >= 11 is 0. The summed E-state index contributed by atoms with van der Waals surface area (Å²) in [6.07, 6.45) is 3.68. The van der Waals surface area contributed by atoms with Crippen LogP contribution in [-0.2, 0) is 11.3 Å².